The third kappa shape index (κ3) is 2.72. The summed E-state index contributed by atoms with van der Waals surface area (Å²) in [5.74, 6) is 2.44. The van der Waals surface area contributed by atoms with Gasteiger partial charge in [0, 0.05) is 30.5 Å². The normalized spacial score (nSPS) is 19.2. The Morgan fingerprint density at radius 2 is 2.04 bits per heavy atom. The minimum Gasteiger partial charge on any atom is -0.347 e. The molecule has 1 aliphatic heterocycles. The zero-order valence-corrected chi connectivity index (χ0v) is 14.4. The smallest absolute Gasteiger partial charge is 0.251 e. The van der Waals surface area contributed by atoms with Crippen molar-refractivity contribution < 1.29 is 4.79 Å². The van der Waals surface area contributed by atoms with Crippen LogP contribution < -0.4 is 5.32 Å². The van der Waals surface area contributed by atoms with Gasteiger partial charge in [0.1, 0.15) is 11.6 Å². The fraction of sp³-hybridized carbons (Fsp3) is 0.526. The van der Waals surface area contributed by atoms with Crippen LogP contribution in [0.25, 0.3) is 0 Å². The molecule has 1 aromatic carbocycles. The van der Waals surface area contributed by atoms with Crippen molar-refractivity contribution in [2.45, 2.75) is 64.5 Å². The topological polar surface area (TPSA) is 59.8 Å². The number of amides is 1. The number of rotatable bonds is 3. The Kier molecular flexibility index (Phi) is 3.87. The molecule has 0 fully saturated rings. The molecule has 5 nitrogen and oxygen atoms in total. The van der Waals surface area contributed by atoms with E-state index in [1.54, 1.807) is 0 Å². The van der Waals surface area contributed by atoms with E-state index in [0.29, 0.717) is 5.92 Å². The highest BCUT2D eigenvalue weighted by atomic mass is 16.1. The first kappa shape index (κ1) is 15.4. The highest BCUT2D eigenvalue weighted by Crippen LogP contribution is 2.23. The molecule has 0 radical (unpaired) electrons. The fourth-order valence-electron chi connectivity index (χ4n) is 3.87. The van der Waals surface area contributed by atoms with Crippen LogP contribution in [-0.4, -0.2) is 26.7 Å². The lowest BCUT2D eigenvalue weighted by Gasteiger charge is -2.26. The zero-order chi connectivity index (χ0) is 16.7. The molecule has 2 aromatic rings. The van der Waals surface area contributed by atoms with Gasteiger partial charge in [-0.2, -0.15) is 0 Å². The molecule has 1 atom stereocenters. The summed E-state index contributed by atoms with van der Waals surface area (Å²) >= 11 is 0. The molecule has 24 heavy (non-hydrogen) atoms. The minimum atomic E-state index is 0.0392. The number of hydrogen-bond donors (Lipinski definition) is 1. The van der Waals surface area contributed by atoms with E-state index in [0.717, 1.165) is 49.4 Å². The van der Waals surface area contributed by atoms with Crippen molar-refractivity contribution in [3.63, 3.8) is 0 Å². The van der Waals surface area contributed by atoms with Crippen LogP contribution in [0, 0.1) is 0 Å². The molecule has 1 N–H and O–H groups in total. The molecule has 1 aromatic heterocycles. The third-order valence-electron chi connectivity index (χ3n) is 5.19. The Hall–Kier alpha value is -2.17. The maximum absolute atomic E-state index is 12.6. The molecule has 4 rings (SSSR count). The predicted octanol–water partition coefficient (Wildman–Crippen LogP) is 2.64. The number of carbonyl (C=O) groups excluding carboxylic acids is 1. The molecule has 2 heterocycles. The summed E-state index contributed by atoms with van der Waals surface area (Å²) in [4.78, 5) is 12.6. The van der Waals surface area contributed by atoms with E-state index in [9.17, 15) is 4.79 Å². The Morgan fingerprint density at radius 1 is 1.21 bits per heavy atom. The van der Waals surface area contributed by atoms with E-state index in [1.807, 2.05) is 6.07 Å². The monoisotopic (exact) mass is 324 g/mol. The van der Waals surface area contributed by atoms with E-state index in [-0.39, 0.29) is 11.9 Å². The van der Waals surface area contributed by atoms with Crippen LogP contribution in [0.3, 0.4) is 0 Å². The number of aryl methyl sites for hydroxylation is 3. The van der Waals surface area contributed by atoms with Gasteiger partial charge in [-0.15, -0.1) is 10.2 Å². The van der Waals surface area contributed by atoms with Gasteiger partial charge in [0.2, 0.25) is 0 Å². The number of hydrogen-bond acceptors (Lipinski definition) is 3. The number of nitrogens with one attached hydrogen (secondary N) is 1. The predicted molar refractivity (Wildman–Crippen MR) is 92.2 cm³/mol. The summed E-state index contributed by atoms with van der Waals surface area (Å²) in [6.07, 6.45) is 5.25. The lowest BCUT2D eigenvalue weighted by atomic mass is 10.0. The summed E-state index contributed by atoms with van der Waals surface area (Å²) in [6.45, 7) is 5.03. The molecule has 0 saturated heterocycles. The van der Waals surface area contributed by atoms with Crippen molar-refractivity contribution in [1.82, 2.24) is 20.1 Å². The van der Waals surface area contributed by atoms with Crippen LogP contribution in [-0.2, 0) is 25.8 Å². The quantitative estimate of drug-likeness (QED) is 0.944. The second kappa shape index (κ2) is 6.04. The van der Waals surface area contributed by atoms with Crippen LogP contribution in [0.1, 0.15) is 65.7 Å². The van der Waals surface area contributed by atoms with Gasteiger partial charge in [-0.1, -0.05) is 19.9 Å². The number of carbonyl (C=O) groups is 1. The van der Waals surface area contributed by atoms with Gasteiger partial charge in [-0.05, 0) is 48.9 Å². The molecule has 1 aliphatic carbocycles. The summed E-state index contributed by atoms with van der Waals surface area (Å²) in [6, 6.07) is 6.30. The SMILES string of the molecule is CC(C)c1nnc2n1C[C@@H](NC(=O)c1ccc3c(c1)CCC3)CC2. The van der Waals surface area contributed by atoms with Crippen molar-refractivity contribution >= 4 is 5.91 Å². The van der Waals surface area contributed by atoms with Gasteiger partial charge in [-0.25, -0.2) is 0 Å². The molecule has 5 heteroatoms. The van der Waals surface area contributed by atoms with Crippen LogP contribution in [0.15, 0.2) is 18.2 Å². The lowest BCUT2D eigenvalue weighted by molar-refractivity contribution is 0.0927. The minimum absolute atomic E-state index is 0.0392. The molecular weight excluding hydrogens is 300 g/mol. The Bertz CT molecular complexity index is 778. The highest BCUT2D eigenvalue weighted by molar-refractivity contribution is 5.94. The molecule has 126 valence electrons. The average Bonchev–Trinajstić information content (AvgIpc) is 3.20. The highest BCUT2D eigenvalue weighted by Gasteiger charge is 2.25. The number of nitrogens with zero attached hydrogens (tertiary/aromatic N) is 3. The van der Waals surface area contributed by atoms with Crippen LogP contribution in [0.2, 0.25) is 0 Å². The van der Waals surface area contributed by atoms with Crippen molar-refractivity contribution in [3.8, 4) is 0 Å². The van der Waals surface area contributed by atoms with E-state index in [1.165, 1.54) is 17.5 Å². The van der Waals surface area contributed by atoms with Gasteiger partial charge in [-0.3, -0.25) is 4.79 Å². The van der Waals surface area contributed by atoms with Crippen LogP contribution in [0.5, 0.6) is 0 Å². The molecule has 2 aliphatic rings. The second-order valence-electron chi connectivity index (χ2n) is 7.29. The molecule has 1 amide bonds. The molecular formula is C19H24N4O. The molecule has 0 spiro atoms. The summed E-state index contributed by atoms with van der Waals surface area (Å²) in [5, 5.41) is 11.8. The van der Waals surface area contributed by atoms with Crippen molar-refractivity contribution in [1.29, 1.82) is 0 Å². The van der Waals surface area contributed by atoms with Gasteiger partial charge >= 0.3 is 0 Å². The largest absolute Gasteiger partial charge is 0.347 e. The van der Waals surface area contributed by atoms with Crippen LogP contribution in [0.4, 0.5) is 0 Å². The zero-order valence-electron chi connectivity index (χ0n) is 14.4. The maximum Gasteiger partial charge on any atom is 0.251 e. The van der Waals surface area contributed by atoms with Gasteiger partial charge in [0.05, 0.1) is 0 Å². The van der Waals surface area contributed by atoms with E-state index in [4.69, 9.17) is 0 Å². The fourth-order valence-corrected chi connectivity index (χ4v) is 3.87. The van der Waals surface area contributed by atoms with Crippen molar-refractivity contribution in [2.24, 2.45) is 0 Å². The van der Waals surface area contributed by atoms with Crippen LogP contribution >= 0.6 is 0 Å². The summed E-state index contributed by atoms with van der Waals surface area (Å²) in [5.41, 5.74) is 3.53. The first-order valence-electron chi connectivity index (χ1n) is 8.96. The van der Waals surface area contributed by atoms with Crippen molar-refractivity contribution in [3.05, 3.63) is 46.5 Å². The molecule has 0 bridgehead atoms. The van der Waals surface area contributed by atoms with Gasteiger partial charge in [0.15, 0.2) is 0 Å². The standard InChI is InChI=1S/C19H24N4O/c1-12(2)18-22-21-17-9-8-16(11-23(17)18)20-19(24)15-7-6-13-4-3-5-14(13)10-15/h6-7,10,12,16H,3-5,8-9,11H2,1-2H3,(H,20,24)/t16-/m0/s1. The van der Waals surface area contributed by atoms with Gasteiger partial charge in [0.25, 0.3) is 5.91 Å². The summed E-state index contributed by atoms with van der Waals surface area (Å²) in [7, 11) is 0. The number of aromatic nitrogens is 3. The van der Waals surface area contributed by atoms with Crippen molar-refractivity contribution in [2.75, 3.05) is 0 Å². The molecule has 0 saturated carbocycles. The lowest BCUT2D eigenvalue weighted by Crippen LogP contribution is -2.41. The first-order valence-corrected chi connectivity index (χ1v) is 8.96. The number of fused-ring (bicyclic) bond motifs is 2. The van der Waals surface area contributed by atoms with Gasteiger partial charge < -0.3 is 9.88 Å². The van der Waals surface area contributed by atoms with E-state index in [2.05, 4.69) is 46.1 Å². The van der Waals surface area contributed by atoms with E-state index < -0.39 is 0 Å². The molecule has 0 unspecified atom stereocenters. The Labute approximate surface area is 142 Å². The van der Waals surface area contributed by atoms with E-state index >= 15 is 0 Å². The Balaban J connectivity index is 1.48. The number of benzene rings is 1. The maximum atomic E-state index is 12.6. The second-order valence-corrected chi connectivity index (χ2v) is 7.29. The third-order valence-corrected chi connectivity index (χ3v) is 5.19. The summed E-state index contributed by atoms with van der Waals surface area (Å²) < 4.78 is 2.18. The Morgan fingerprint density at radius 3 is 2.88 bits per heavy atom. The first-order chi connectivity index (χ1) is 11.6. The average molecular weight is 324 g/mol.